The molecule has 1 fully saturated rings. The fourth-order valence-corrected chi connectivity index (χ4v) is 3.25. The average molecular weight is 378 g/mol. The van der Waals surface area contributed by atoms with Crippen molar-refractivity contribution in [2.75, 3.05) is 43.6 Å². The standard InChI is InChI=1S/C21H22N4O3/c1-14-18(11-15-3-5-17(27-2)12-19(15)23-14)21(26)24-20-6-4-16(13-22-20)25-7-9-28-10-8-25/h3-6,11-13H,7-10H2,1-2H3,(H,22,24,26). The van der Waals surface area contributed by atoms with Crippen molar-refractivity contribution < 1.29 is 14.3 Å². The van der Waals surface area contributed by atoms with Gasteiger partial charge in [0.25, 0.3) is 5.91 Å². The molecule has 2 aromatic heterocycles. The van der Waals surface area contributed by atoms with Crippen molar-refractivity contribution in [3.63, 3.8) is 0 Å². The highest BCUT2D eigenvalue weighted by Gasteiger charge is 2.15. The summed E-state index contributed by atoms with van der Waals surface area (Å²) in [6.45, 7) is 4.96. The molecule has 1 aliphatic rings. The Morgan fingerprint density at radius 1 is 1.18 bits per heavy atom. The highest BCUT2D eigenvalue weighted by atomic mass is 16.5. The number of aromatic nitrogens is 2. The third-order valence-electron chi connectivity index (χ3n) is 4.83. The van der Waals surface area contributed by atoms with Crippen molar-refractivity contribution in [2.45, 2.75) is 6.92 Å². The summed E-state index contributed by atoms with van der Waals surface area (Å²) in [4.78, 5) is 23.9. The minimum atomic E-state index is -0.227. The van der Waals surface area contributed by atoms with Crippen molar-refractivity contribution in [2.24, 2.45) is 0 Å². The van der Waals surface area contributed by atoms with Crippen LogP contribution in [0.2, 0.25) is 0 Å². The number of nitrogens with one attached hydrogen (secondary N) is 1. The summed E-state index contributed by atoms with van der Waals surface area (Å²) in [5, 5.41) is 3.74. The molecule has 1 aromatic carbocycles. The number of carbonyl (C=O) groups is 1. The SMILES string of the molecule is COc1ccc2cc(C(=O)Nc3ccc(N4CCOCC4)cn3)c(C)nc2c1. The topological polar surface area (TPSA) is 76.6 Å². The number of rotatable bonds is 4. The van der Waals surface area contributed by atoms with Crippen LogP contribution in [0.5, 0.6) is 5.75 Å². The Morgan fingerprint density at radius 2 is 2.00 bits per heavy atom. The maximum atomic E-state index is 12.7. The highest BCUT2D eigenvalue weighted by Crippen LogP contribution is 2.23. The summed E-state index contributed by atoms with van der Waals surface area (Å²) in [5.74, 6) is 1.02. The van der Waals surface area contributed by atoms with Gasteiger partial charge in [-0.3, -0.25) is 9.78 Å². The molecule has 0 unspecified atom stereocenters. The molecule has 3 heterocycles. The van der Waals surface area contributed by atoms with Crippen LogP contribution in [0, 0.1) is 6.92 Å². The third-order valence-corrected chi connectivity index (χ3v) is 4.83. The van der Waals surface area contributed by atoms with Gasteiger partial charge in [0.05, 0.1) is 49.0 Å². The summed E-state index contributed by atoms with van der Waals surface area (Å²) >= 11 is 0. The number of hydrogen-bond donors (Lipinski definition) is 1. The molecule has 0 radical (unpaired) electrons. The normalized spacial score (nSPS) is 14.1. The lowest BCUT2D eigenvalue weighted by atomic mass is 10.1. The van der Waals surface area contributed by atoms with E-state index in [4.69, 9.17) is 9.47 Å². The zero-order chi connectivity index (χ0) is 19.5. The largest absolute Gasteiger partial charge is 0.497 e. The average Bonchev–Trinajstić information content (AvgIpc) is 2.74. The summed E-state index contributed by atoms with van der Waals surface area (Å²) in [5.41, 5.74) is 3.00. The van der Waals surface area contributed by atoms with Gasteiger partial charge in [0.1, 0.15) is 11.6 Å². The van der Waals surface area contributed by atoms with Crippen LogP contribution in [0.1, 0.15) is 16.1 Å². The quantitative estimate of drug-likeness (QED) is 0.752. The molecule has 4 rings (SSSR count). The molecule has 7 nitrogen and oxygen atoms in total. The molecule has 7 heteroatoms. The molecule has 1 amide bonds. The van der Waals surface area contributed by atoms with Gasteiger partial charge in [-0.05, 0) is 37.3 Å². The lowest BCUT2D eigenvalue weighted by Gasteiger charge is -2.28. The summed E-state index contributed by atoms with van der Waals surface area (Å²) in [6.07, 6.45) is 1.78. The van der Waals surface area contributed by atoms with Crippen LogP contribution < -0.4 is 15.0 Å². The lowest BCUT2D eigenvalue weighted by Crippen LogP contribution is -2.36. The van der Waals surface area contributed by atoms with Gasteiger partial charge in [-0.15, -0.1) is 0 Å². The van der Waals surface area contributed by atoms with E-state index in [0.717, 1.165) is 48.6 Å². The number of amides is 1. The molecule has 144 valence electrons. The number of hydrogen-bond acceptors (Lipinski definition) is 6. The van der Waals surface area contributed by atoms with Gasteiger partial charge in [-0.25, -0.2) is 4.98 Å². The van der Waals surface area contributed by atoms with Crippen LogP contribution in [-0.4, -0.2) is 49.3 Å². The number of benzene rings is 1. The molecule has 1 N–H and O–H groups in total. The highest BCUT2D eigenvalue weighted by molar-refractivity contribution is 6.06. The van der Waals surface area contributed by atoms with Crippen LogP contribution in [0.15, 0.2) is 42.6 Å². The fourth-order valence-electron chi connectivity index (χ4n) is 3.25. The molecule has 0 aliphatic carbocycles. The Morgan fingerprint density at radius 3 is 2.71 bits per heavy atom. The summed E-state index contributed by atoms with van der Waals surface area (Å²) < 4.78 is 10.6. The van der Waals surface area contributed by atoms with Crippen molar-refractivity contribution >= 4 is 28.3 Å². The van der Waals surface area contributed by atoms with E-state index in [1.54, 1.807) is 13.3 Å². The number of fused-ring (bicyclic) bond motifs is 1. The van der Waals surface area contributed by atoms with Crippen LogP contribution in [-0.2, 0) is 4.74 Å². The van der Waals surface area contributed by atoms with Gasteiger partial charge in [0.15, 0.2) is 0 Å². The van der Waals surface area contributed by atoms with Gasteiger partial charge in [0.2, 0.25) is 0 Å². The second-order valence-corrected chi connectivity index (χ2v) is 6.64. The third kappa shape index (κ3) is 3.75. The second-order valence-electron chi connectivity index (χ2n) is 6.64. The van der Waals surface area contributed by atoms with E-state index >= 15 is 0 Å². The molecule has 1 saturated heterocycles. The number of anilines is 2. The number of methoxy groups -OCH3 is 1. The monoisotopic (exact) mass is 378 g/mol. The fraction of sp³-hybridized carbons (Fsp3) is 0.286. The smallest absolute Gasteiger partial charge is 0.258 e. The van der Waals surface area contributed by atoms with Crippen molar-refractivity contribution in [1.29, 1.82) is 0 Å². The van der Waals surface area contributed by atoms with Gasteiger partial charge < -0.3 is 19.7 Å². The van der Waals surface area contributed by atoms with Crippen molar-refractivity contribution in [3.05, 3.63) is 53.9 Å². The van der Waals surface area contributed by atoms with Crippen molar-refractivity contribution in [1.82, 2.24) is 9.97 Å². The Balaban J connectivity index is 1.52. The van der Waals surface area contributed by atoms with Crippen molar-refractivity contribution in [3.8, 4) is 5.75 Å². The van der Waals surface area contributed by atoms with Crippen LogP contribution in [0.25, 0.3) is 10.9 Å². The Kier molecular flexibility index (Phi) is 5.08. The van der Waals surface area contributed by atoms with Crippen LogP contribution in [0.3, 0.4) is 0 Å². The number of carbonyl (C=O) groups excluding carboxylic acids is 1. The van der Waals surface area contributed by atoms with Gasteiger partial charge in [-0.1, -0.05) is 0 Å². The Bertz CT molecular complexity index is 998. The van der Waals surface area contributed by atoms with Crippen LogP contribution in [0.4, 0.5) is 11.5 Å². The first kappa shape index (κ1) is 18.2. The van der Waals surface area contributed by atoms with E-state index in [2.05, 4.69) is 20.2 Å². The second kappa shape index (κ2) is 7.82. The molecular weight excluding hydrogens is 356 g/mol. The molecule has 0 spiro atoms. The van der Waals surface area contributed by atoms with Crippen LogP contribution >= 0.6 is 0 Å². The number of nitrogens with zero attached hydrogens (tertiary/aromatic N) is 3. The summed E-state index contributed by atoms with van der Waals surface area (Å²) in [7, 11) is 1.62. The maximum Gasteiger partial charge on any atom is 0.258 e. The van der Waals surface area contributed by atoms with Gasteiger partial charge in [0, 0.05) is 24.5 Å². The first-order valence-corrected chi connectivity index (χ1v) is 9.19. The van der Waals surface area contributed by atoms with Gasteiger partial charge in [-0.2, -0.15) is 0 Å². The molecule has 0 atom stereocenters. The van der Waals surface area contributed by atoms with E-state index in [1.165, 1.54) is 0 Å². The molecule has 0 saturated carbocycles. The van der Waals surface area contributed by atoms with E-state index in [9.17, 15) is 4.79 Å². The van der Waals surface area contributed by atoms with E-state index in [0.29, 0.717) is 17.1 Å². The number of aryl methyl sites for hydroxylation is 1. The number of ether oxygens (including phenoxy) is 2. The first-order valence-electron chi connectivity index (χ1n) is 9.19. The van der Waals surface area contributed by atoms with Gasteiger partial charge >= 0.3 is 0 Å². The predicted octanol–water partition coefficient (Wildman–Crippen LogP) is 3.04. The lowest BCUT2D eigenvalue weighted by molar-refractivity contribution is 0.102. The first-order chi connectivity index (χ1) is 13.6. The minimum absolute atomic E-state index is 0.227. The zero-order valence-corrected chi connectivity index (χ0v) is 15.9. The number of morpholine rings is 1. The minimum Gasteiger partial charge on any atom is -0.497 e. The zero-order valence-electron chi connectivity index (χ0n) is 15.9. The van der Waals surface area contributed by atoms with E-state index in [1.807, 2.05) is 43.3 Å². The number of pyridine rings is 2. The molecule has 0 bridgehead atoms. The molecule has 1 aliphatic heterocycles. The Hall–Kier alpha value is -3.19. The molecular formula is C21H22N4O3. The predicted molar refractivity (Wildman–Crippen MR) is 108 cm³/mol. The molecule has 3 aromatic rings. The Labute approximate surface area is 163 Å². The summed E-state index contributed by atoms with van der Waals surface area (Å²) in [6, 6.07) is 11.2. The van der Waals surface area contributed by atoms with E-state index < -0.39 is 0 Å². The maximum absolute atomic E-state index is 12.7. The van der Waals surface area contributed by atoms with E-state index in [-0.39, 0.29) is 5.91 Å². The molecule has 28 heavy (non-hydrogen) atoms.